The van der Waals surface area contributed by atoms with Crippen LogP contribution in [0.25, 0.3) is 10.9 Å². The van der Waals surface area contributed by atoms with Crippen LogP contribution in [0.3, 0.4) is 0 Å². The molecule has 0 spiro atoms. The fraction of sp³-hybridized carbons (Fsp3) is 0.562. The summed E-state index contributed by atoms with van der Waals surface area (Å²) in [7, 11) is 3.86. The van der Waals surface area contributed by atoms with Gasteiger partial charge in [0.2, 0.25) is 0 Å². The lowest BCUT2D eigenvalue weighted by Crippen LogP contribution is -2.36. The van der Waals surface area contributed by atoms with Crippen molar-refractivity contribution in [3.63, 3.8) is 0 Å². The van der Waals surface area contributed by atoms with E-state index in [1.54, 1.807) is 22.9 Å². The van der Waals surface area contributed by atoms with Crippen molar-refractivity contribution in [1.82, 2.24) is 14.7 Å². The number of nitro groups is 1. The maximum Gasteiger partial charge on any atom is 0.271 e. The van der Waals surface area contributed by atoms with Gasteiger partial charge in [0.05, 0.1) is 10.4 Å². The zero-order valence-corrected chi connectivity index (χ0v) is 13.7. The molecule has 1 fully saturated rings. The molecule has 124 valence electrons. The minimum Gasteiger partial charge on any atom is -0.356 e. The Morgan fingerprint density at radius 1 is 1.30 bits per heavy atom. The van der Waals surface area contributed by atoms with E-state index in [1.165, 1.54) is 32.4 Å². The van der Waals surface area contributed by atoms with Gasteiger partial charge in [0.15, 0.2) is 5.82 Å². The Bertz CT molecular complexity index is 706. The number of aryl methyl sites for hydroxylation is 1. The predicted molar refractivity (Wildman–Crippen MR) is 90.9 cm³/mol. The second-order valence-corrected chi connectivity index (χ2v) is 6.23. The Kier molecular flexibility index (Phi) is 4.47. The van der Waals surface area contributed by atoms with E-state index in [0.29, 0.717) is 0 Å². The zero-order valence-electron chi connectivity index (χ0n) is 13.7. The summed E-state index contributed by atoms with van der Waals surface area (Å²) in [6, 6.07) is 4.93. The molecule has 1 saturated heterocycles. The first kappa shape index (κ1) is 15.7. The molecule has 1 aromatic carbocycles. The summed E-state index contributed by atoms with van der Waals surface area (Å²) in [6.07, 6.45) is 3.93. The summed E-state index contributed by atoms with van der Waals surface area (Å²) in [4.78, 5) is 15.2. The Hall–Kier alpha value is -2.15. The molecule has 0 bridgehead atoms. The van der Waals surface area contributed by atoms with Crippen LogP contribution in [0, 0.1) is 10.1 Å². The fourth-order valence-corrected chi connectivity index (χ4v) is 3.20. The van der Waals surface area contributed by atoms with Crippen molar-refractivity contribution in [2.45, 2.75) is 19.3 Å². The lowest BCUT2D eigenvalue weighted by Gasteiger charge is -2.28. The molecule has 2 aromatic rings. The Morgan fingerprint density at radius 2 is 2.04 bits per heavy atom. The molecule has 7 heteroatoms. The number of piperidine rings is 1. The standard InChI is InChI=1S/C16H23N5O2/c1-18(10-11-20-8-4-3-5-9-20)16-14-7-6-13(21(22)23)12-15(14)19(2)17-16/h6-7,12H,3-5,8-11H2,1-2H3. The summed E-state index contributed by atoms with van der Waals surface area (Å²) in [5.74, 6) is 0.884. The highest BCUT2D eigenvalue weighted by Gasteiger charge is 2.17. The maximum absolute atomic E-state index is 10.9. The van der Waals surface area contributed by atoms with E-state index in [2.05, 4.69) is 14.9 Å². The first-order valence-corrected chi connectivity index (χ1v) is 8.11. The van der Waals surface area contributed by atoms with Gasteiger partial charge in [-0.05, 0) is 32.0 Å². The average molecular weight is 317 g/mol. The van der Waals surface area contributed by atoms with Gasteiger partial charge < -0.3 is 9.80 Å². The molecule has 0 amide bonds. The average Bonchev–Trinajstić information content (AvgIpc) is 2.90. The molecule has 1 aromatic heterocycles. The van der Waals surface area contributed by atoms with E-state index in [4.69, 9.17) is 0 Å². The molecule has 2 heterocycles. The third-order valence-corrected chi connectivity index (χ3v) is 4.59. The number of non-ortho nitro benzene ring substituents is 1. The number of fused-ring (bicyclic) bond motifs is 1. The van der Waals surface area contributed by atoms with Gasteiger partial charge in [0.1, 0.15) is 0 Å². The lowest BCUT2D eigenvalue weighted by molar-refractivity contribution is -0.384. The van der Waals surface area contributed by atoms with E-state index < -0.39 is 0 Å². The molecule has 7 nitrogen and oxygen atoms in total. The topological polar surface area (TPSA) is 67.4 Å². The molecule has 0 atom stereocenters. The SMILES string of the molecule is CN(CCN1CCCCC1)c1nn(C)c2cc([N+](=O)[O-])ccc12. The molecule has 0 radical (unpaired) electrons. The number of likely N-dealkylation sites (tertiary alicyclic amines) is 1. The van der Waals surface area contributed by atoms with Crippen LogP contribution in [-0.4, -0.2) is 52.8 Å². The lowest BCUT2D eigenvalue weighted by atomic mass is 10.1. The molecule has 0 aliphatic carbocycles. The van der Waals surface area contributed by atoms with Crippen LogP contribution in [-0.2, 0) is 7.05 Å². The van der Waals surface area contributed by atoms with E-state index in [1.807, 2.05) is 14.1 Å². The van der Waals surface area contributed by atoms with E-state index >= 15 is 0 Å². The minimum absolute atomic E-state index is 0.100. The molecule has 3 rings (SSSR count). The molecule has 0 saturated carbocycles. The van der Waals surface area contributed by atoms with Gasteiger partial charge in [0, 0.05) is 44.7 Å². The first-order valence-electron chi connectivity index (χ1n) is 8.11. The van der Waals surface area contributed by atoms with Gasteiger partial charge >= 0.3 is 0 Å². The predicted octanol–water partition coefficient (Wildman–Crippen LogP) is 2.40. The van der Waals surface area contributed by atoms with Crippen LogP contribution in [0.15, 0.2) is 18.2 Å². The van der Waals surface area contributed by atoms with Crippen molar-refractivity contribution in [1.29, 1.82) is 0 Å². The van der Waals surface area contributed by atoms with E-state index in [0.717, 1.165) is 29.8 Å². The summed E-state index contributed by atoms with van der Waals surface area (Å²) in [6.45, 7) is 4.30. The van der Waals surface area contributed by atoms with Crippen molar-refractivity contribution in [3.05, 3.63) is 28.3 Å². The molecule has 1 aliphatic heterocycles. The number of likely N-dealkylation sites (N-methyl/N-ethyl adjacent to an activating group) is 1. The summed E-state index contributed by atoms with van der Waals surface area (Å²) >= 11 is 0. The maximum atomic E-state index is 10.9. The van der Waals surface area contributed by atoms with Crippen molar-refractivity contribution in [2.75, 3.05) is 38.1 Å². The van der Waals surface area contributed by atoms with Gasteiger partial charge in [-0.1, -0.05) is 6.42 Å². The fourth-order valence-electron chi connectivity index (χ4n) is 3.20. The normalized spacial score (nSPS) is 15.9. The first-order chi connectivity index (χ1) is 11.1. The minimum atomic E-state index is -0.369. The number of benzene rings is 1. The Morgan fingerprint density at radius 3 is 2.74 bits per heavy atom. The Balaban J connectivity index is 1.77. The van der Waals surface area contributed by atoms with Crippen molar-refractivity contribution < 1.29 is 4.92 Å². The largest absolute Gasteiger partial charge is 0.356 e. The number of hydrogen-bond acceptors (Lipinski definition) is 5. The van der Waals surface area contributed by atoms with Crippen LogP contribution in [0.4, 0.5) is 11.5 Å². The zero-order chi connectivity index (χ0) is 16.4. The molecule has 23 heavy (non-hydrogen) atoms. The molecule has 0 unspecified atom stereocenters. The second kappa shape index (κ2) is 6.54. The van der Waals surface area contributed by atoms with Crippen LogP contribution in [0.2, 0.25) is 0 Å². The summed E-state index contributed by atoms with van der Waals surface area (Å²) in [5, 5.41) is 16.4. The smallest absolute Gasteiger partial charge is 0.271 e. The number of aromatic nitrogens is 2. The van der Waals surface area contributed by atoms with Crippen molar-refractivity contribution in [3.8, 4) is 0 Å². The number of hydrogen-bond donors (Lipinski definition) is 0. The molecule has 1 aliphatic rings. The summed E-state index contributed by atoms with van der Waals surface area (Å²) < 4.78 is 1.72. The summed E-state index contributed by atoms with van der Waals surface area (Å²) in [5.41, 5.74) is 0.891. The Labute approximate surface area is 135 Å². The van der Waals surface area contributed by atoms with Crippen LogP contribution >= 0.6 is 0 Å². The second-order valence-electron chi connectivity index (χ2n) is 6.23. The molecule has 0 N–H and O–H groups in total. The third-order valence-electron chi connectivity index (χ3n) is 4.59. The van der Waals surface area contributed by atoms with Crippen LogP contribution in [0.1, 0.15) is 19.3 Å². The number of anilines is 1. The van der Waals surface area contributed by atoms with Crippen molar-refractivity contribution in [2.24, 2.45) is 7.05 Å². The highest BCUT2D eigenvalue weighted by atomic mass is 16.6. The number of nitrogens with zero attached hydrogens (tertiary/aromatic N) is 5. The van der Waals surface area contributed by atoms with E-state index in [-0.39, 0.29) is 10.6 Å². The monoisotopic (exact) mass is 317 g/mol. The van der Waals surface area contributed by atoms with Gasteiger partial charge in [-0.25, -0.2) is 0 Å². The quantitative estimate of drug-likeness (QED) is 0.626. The van der Waals surface area contributed by atoms with E-state index in [9.17, 15) is 10.1 Å². The van der Waals surface area contributed by atoms with Gasteiger partial charge in [-0.15, -0.1) is 0 Å². The number of rotatable bonds is 5. The van der Waals surface area contributed by atoms with Crippen molar-refractivity contribution >= 4 is 22.4 Å². The van der Waals surface area contributed by atoms with Crippen LogP contribution < -0.4 is 4.90 Å². The highest BCUT2D eigenvalue weighted by Crippen LogP contribution is 2.28. The molecular formula is C16H23N5O2. The highest BCUT2D eigenvalue weighted by molar-refractivity contribution is 5.92. The van der Waals surface area contributed by atoms with Gasteiger partial charge in [0.25, 0.3) is 5.69 Å². The number of nitro benzene ring substituents is 1. The van der Waals surface area contributed by atoms with Crippen LogP contribution in [0.5, 0.6) is 0 Å². The molecular weight excluding hydrogens is 294 g/mol. The van der Waals surface area contributed by atoms with Gasteiger partial charge in [-0.2, -0.15) is 5.10 Å². The van der Waals surface area contributed by atoms with Gasteiger partial charge in [-0.3, -0.25) is 14.8 Å². The third kappa shape index (κ3) is 3.29.